The van der Waals surface area contributed by atoms with Gasteiger partial charge in [-0.15, -0.1) is 11.3 Å². The third-order valence-electron chi connectivity index (χ3n) is 3.02. The van der Waals surface area contributed by atoms with Gasteiger partial charge in [-0.1, -0.05) is 0 Å². The molecule has 0 N–H and O–H groups in total. The first-order valence-corrected chi connectivity index (χ1v) is 6.83. The predicted molar refractivity (Wildman–Crippen MR) is 70.3 cm³/mol. The van der Waals surface area contributed by atoms with Crippen LogP contribution in [0.3, 0.4) is 0 Å². The van der Waals surface area contributed by atoms with E-state index in [-0.39, 0.29) is 17.3 Å². The van der Waals surface area contributed by atoms with Gasteiger partial charge in [-0.3, -0.25) is 4.79 Å². The average Bonchev–Trinajstić information content (AvgIpc) is 2.76. The minimum Gasteiger partial charge on any atom is -0.497 e. The van der Waals surface area contributed by atoms with Gasteiger partial charge in [-0.05, 0) is 26.0 Å². The molecule has 0 unspecified atom stereocenters. The fraction of sp³-hybridized carbons (Fsp3) is 0.429. The summed E-state index contributed by atoms with van der Waals surface area (Å²) in [5, 5.41) is 9.01. The molecule has 2 rings (SSSR count). The molecule has 4 heteroatoms. The maximum atomic E-state index is 11.9. The fourth-order valence-corrected chi connectivity index (χ4v) is 3.16. The summed E-state index contributed by atoms with van der Waals surface area (Å²) >= 11 is 1.71. The van der Waals surface area contributed by atoms with Crippen LogP contribution in [0, 0.1) is 18.3 Å². The Kier molecular flexibility index (Phi) is 3.83. The van der Waals surface area contributed by atoms with Gasteiger partial charge >= 0.3 is 0 Å². The molecule has 1 atom stereocenters. The highest BCUT2D eigenvalue weighted by molar-refractivity contribution is 7.12. The largest absolute Gasteiger partial charge is 0.497 e. The molecular formula is C14H15NO2S. The molecule has 0 aliphatic heterocycles. The Hall–Kier alpha value is -1.60. The van der Waals surface area contributed by atoms with Gasteiger partial charge < -0.3 is 4.74 Å². The first kappa shape index (κ1) is 12.8. The summed E-state index contributed by atoms with van der Waals surface area (Å²) in [7, 11) is 0. The third-order valence-corrected chi connectivity index (χ3v) is 4.18. The molecule has 18 heavy (non-hydrogen) atoms. The van der Waals surface area contributed by atoms with Crippen LogP contribution in [-0.4, -0.2) is 12.4 Å². The van der Waals surface area contributed by atoms with Crippen LogP contribution in [0.4, 0.5) is 0 Å². The van der Waals surface area contributed by atoms with Crippen molar-refractivity contribution >= 4 is 17.1 Å². The van der Waals surface area contributed by atoms with Crippen LogP contribution in [0.5, 0.6) is 0 Å². The number of hydrogen-bond acceptors (Lipinski definition) is 4. The lowest BCUT2D eigenvalue weighted by molar-refractivity contribution is -0.116. The van der Waals surface area contributed by atoms with Crippen molar-refractivity contribution in [1.82, 2.24) is 0 Å². The summed E-state index contributed by atoms with van der Waals surface area (Å²) in [6, 6.07) is 6.11. The zero-order valence-electron chi connectivity index (χ0n) is 10.5. The van der Waals surface area contributed by atoms with Crippen molar-refractivity contribution in [2.45, 2.75) is 32.6 Å². The Morgan fingerprint density at radius 1 is 1.50 bits per heavy atom. The summed E-state index contributed by atoms with van der Waals surface area (Å²) in [5.41, 5.74) is 0.210. The standard InChI is InChI=1S/C14H15NO2S/c1-3-17-13-7-10(6-12(16)11(13)8-15)14-5-4-9(2)18-14/h4-5,10H,3,6-7H2,1-2H3/t10-/m1/s1. The van der Waals surface area contributed by atoms with E-state index in [2.05, 4.69) is 19.1 Å². The van der Waals surface area contributed by atoms with E-state index >= 15 is 0 Å². The van der Waals surface area contributed by atoms with Crippen molar-refractivity contribution in [3.05, 3.63) is 33.2 Å². The van der Waals surface area contributed by atoms with Crippen molar-refractivity contribution in [2.24, 2.45) is 0 Å². The second-order valence-corrected chi connectivity index (χ2v) is 5.64. The third kappa shape index (κ3) is 2.46. The van der Waals surface area contributed by atoms with Crippen molar-refractivity contribution < 1.29 is 9.53 Å². The molecule has 0 saturated heterocycles. The quantitative estimate of drug-likeness (QED) is 0.838. The van der Waals surface area contributed by atoms with Crippen molar-refractivity contribution in [2.75, 3.05) is 6.61 Å². The summed E-state index contributed by atoms with van der Waals surface area (Å²) in [6.45, 7) is 4.41. The number of allylic oxidation sites excluding steroid dienone is 2. The van der Waals surface area contributed by atoms with E-state index in [9.17, 15) is 4.79 Å². The zero-order valence-corrected chi connectivity index (χ0v) is 11.3. The second kappa shape index (κ2) is 5.36. The van der Waals surface area contributed by atoms with Crippen LogP contribution >= 0.6 is 11.3 Å². The average molecular weight is 261 g/mol. The zero-order chi connectivity index (χ0) is 13.1. The summed E-state index contributed by atoms with van der Waals surface area (Å²) < 4.78 is 5.46. The Balaban J connectivity index is 2.28. The molecular weight excluding hydrogens is 246 g/mol. The Bertz CT molecular complexity index is 536. The molecule has 1 aromatic heterocycles. The molecule has 0 saturated carbocycles. The van der Waals surface area contributed by atoms with Crippen LogP contribution in [0.2, 0.25) is 0 Å². The van der Waals surface area contributed by atoms with Gasteiger partial charge in [0.15, 0.2) is 5.78 Å². The molecule has 0 spiro atoms. The smallest absolute Gasteiger partial charge is 0.177 e. The lowest BCUT2D eigenvalue weighted by Crippen LogP contribution is -2.18. The maximum absolute atomic E-state index is 11.9. The van der Waals surface area contributed by atoms with E-state index in [0.29, 0.717) is 25.2 Å². The van der Waals surface area contributed by atoms with Crippen LogP contribution in [0.1, 0.15) is 35.4 Å². The Morgan fingerprint density at radius 3 is 2.83 bits per heavy atom. The number of carbonyl (C=O) groups excluding carboxylic acids is 1. The predicted octanol–water partition coefficient (Wildman–Crippen LogP) is 3.32. The van der Waals surface area contributed by atoms with E-state index in [1.165, 1.54) is 9.75 Å². The van der Waals surface area contributed by atoms with E-state index < -0.39 is 0 Å². The Morgan fingerprint density at radius 2 is 2.28 bits per heavy atom. The minimum atomic E-state index is -0.0942. The second-order valence-electron chi connectivity index (χ2n) is 4.32. The van der Waals surface area contributed by atoms with E-state index in [0.717, 1.165) is 0 Å². The molecule has 1 heterocycles. The first-order valence-electron chi connectivity index (χ1n) is 6.01. The maximum Gasteiger partial charge on any atom is 0.177 e. The van der Waals surface area contributed by atoms with Gasteiger partial charge in [0.1, 0.15) is 17.4 Å². The molecule has 0 aromatic carbocycles. The molecule has 3 nitrogen and oxygen atoms in total. The summed E-state index contributed by atoms with van der Waals surface area (Å²) in [6.07, 6.45) is 1.07. The number of thiophene rings is 1. The van der Waals surface area contributed by atoms with Crippen LogP contribution in [0.15, 0.2) is 23.5 Å². The molecule has 1 aromatic rings. The van der Waals surface area contributed by atoms with Crippen LogP contribution in [0.25, 0.3) is 0 Å². The van der Waals surface area contributed by atoms with E-state index in [4.69, 9.17) is 10.00 Å². The molecule has 0 amide bonds. The van der Waals surface area contributed by atoms with Crippen LogP contribution < -0.4 is 0 Å². The van der Waals surface area contributed by atoms with Crippen molar-refractivity contribution in [3.8, 4) is 6.07 Å². The molecule has 1 aliphatic rings. The molecule has 1 aliphatic carbocycles. The SMILES string of the molecule is CCOC1=C(C#N)C(=O)C[C@@H](c2ccc(C)s2)C1. The normalized spacial score (nSPS) is 19.8. The topological polar surface area (TPSA) is 50.1 Å². The van der Waals surface area contributed by atoms with Gasteiger partial charge in [-0.2, -0.15) is 5.26 Å². The number of nitrogens with zero attached hydrogens (tertiary/aromatic N) is 1. The number of carbonyl (C=O) groups is 1. The minimum absolute atomic E-state index is 0.0942. The highest BCUT2D eigenvalue weighted by Gasteiger charge is 2.30. The first-order chi connectivity index (χ1) is 8.65. The number of ketones is 1. The lowest BCUT2D eigenvalue weighted by atomic mass is 9.86. The van der Waals surface area contributed by atoms with Gasteiger partial charge in [0.05, 0.1) is 6.61 Å². The highest BCUT2D eigenvalue weighted by Crippen LogP contribution is 2.37. The molecule has 0 radical (unpaired) electrons. The van der Waals surface area contributed by atoms with E-state index in [1.807, 2.05) is 13.0 Å². The van der Waals surface area contributed by atoms with Gasteiger partial charge in [-0.25, -0.2) is 0 Å². The van der Waals surface area contributed by atoms with Gasteiger partial charge in [0.2, 0.25) is 0 Å². The fourth-order valence-electron chi connectivity index (χ4n) is 2.18. The van der Waals surface area contributed by atoms with Gasteiger partial charge in [0.25, 0.3) is 0 Å². The van der Waals surface area contributed by atoms with Crippen molar-refractivity contribution in [1.29, 1.82) is 5.26 Å². The highest BCUT2D eigenvalue weighted by atomic mass is 32.1. The molecule has 0 bridgehead atoms. The number of Topliss-reactive ketones (excluding diaryl/α,β-unsaturated/α-hetero) is 1. The van der Waals surface area contributed by atoms with Crippen molar-refractivity contribution in [3.63, 3.8) is 0 Å². The number of nitriles is 1. The van der Waals surface area contributed by atoms with E-state index in [1.54, 1.807) is 11.3 Å². The van der Waals surface area contributed by atoms with Gasteiger partial charge in [0, 0.05) is 28.5 Å². The summed E-state index contributed by atoms with van der Waals surface area (Å²) in [4.78, 5) is 14.4. The molecule has 94 valence electrons. The monoisotopic (exact) mass is 261 g/mol. The molecule has 0 fully saturated rings. The lowest BCUT2D eigenvalue weighted by Gasteiger charge is -2.22. The number of rotatable bonds is 3. The van der Waals surface area contributed by atoms with Crippen LogP contribution in [-0.2, 0) is 9.53 Å². The number of aryl methyl sites for hydroxylation is 1. The number of hydrogen-bond donors (Lipinski definition) is 0. The number of ether oxygens (including phenoxy) is 1. The Labute approximate surface area is 111 Å². The summed E-state index contributed by atoms with van der Waals surface area (Å²) in [5.74, 6) is 0.630.